The van der Waals surface area contributed by atoms with Crippen molar-refractivity contribution in [3.63, 3.8) is 0 Å². The second-order valence-electron chi connectivity index (χ2n) is 15.7. The molecule has 1 heterocycles. The molecule has 0 radical (unpaired) electrons. The number of carboxylic acid groups (broad SMARTS) is 1. The summed E-state index contributed by atoms with van der Waals surface area (Å²) in [5.41, 5.74) is 1.97. The van der Waals surface area contributed by atoms with E-state index < -0.39 is 65.1 Å². The van der Waals surface area contributed by atoms with Gasteiger partial charge in [0.15, 0.2) is 0 Å². The summed E-state index contributed by atoms with van der Waals surface area (Å²) in [5, 5.41) is 21.1. The maximum absolute atomic E-state index is 14.2. The zero-order chi connectivity index (χ0) is 40.8. The number of nitrogens with zero attached hydrogens (tertiary/aromatic N) is 1. The number of ether oxygens (including phenoxy) is 2. The first-order chi connectivity index (χ1) is 25.9. The summed E-state index contributed by atoms with van der Waals surface area (Å²) in [6.45, 7) is 15.0. The normalized spacial score (nSPS) is 15.0. The molecule has 12 nitrogen and oxygen atoms in total. The summed E-state index contributed by atoms with van der Waals surface area (Å²) < 4.78 is 11.6. The van der Waals surface area contributed by atoms with E-state index in [-0.39, 0.29) is 11.9 Å². The third-order valence-electron chi connectivity index (χ3n) is 9.07. The van der Waals surface area contributed by atoms with Gasteiger partial charge in [0.25, 0.3) is 0 Å². The molecule has 0 aliphatic rings. The number of alkyl carbamates (subject to hydrolysis) is 1. The van der Waals surface area contributed by atoms with Crippen molar-refractivity contribution in [3.05, 3.63) is 90.1 Å². The minimum absolute atomic E-state index is 0.266. The van der Waals surface area contributed by atoms with E-state index in [1.807, 2.05) is 107 Å². The number of hydrogen-bond donors (Lipinski definition) is 5. The molecule has 1 unspecified atom stereocenters. The molecular formula is C42H59N5O7S. The molecular weight excluding hydrogens is 719 g/mol. The summed E-state index contributed by atoms with van der Waals surface area (Å²) in [6.07, 6.45) is 0.102. The molecule has 4 amide bonds. The molecule has 0 saturated carbocycles. The highest BCUT2D eigenvalue weighted by molar-refractivity contribution is 7.99. The highest BCUT2D eigenvalue weighted by Crippen LogP contribution is 2.26. The van der Waals surface area contributed by atoms with E-state index in [1.165, 1.54) is 7.11 Å². The lowest BCUT2D eigenvalue weighted by Gasteiger charge is -2.37. The van der Waals surface area contributed by atoms with Gasteiger partial charge in [0.1, 0.15) is 17.5 Å². The van der Waals surface area contributed by atoms with Crippen LogP contribution >= 0.6 is 11.8 Å². The van der Waals surface area contributed by atoms with Gasteiger partial charge >= 0.3 is 12.2 Å². The molecule has 0 aliphatic heterocycles. The van der Waals surface area contributed by atoms with E-state index in [9.17, 15) is 24.3 Å². The van der Waals surface area contributed by atoms with E-state index in [1.54, 1.807) is 38.7 Å². The molecule has 0 spiro atoms. The monoisotopic (exact) mass is 777 g/mol. The van der Waals surface area contributed by atoms with Gasteiger partial charge < -0.3 is 35.8 Å². The number of nitrogens with one attached hydrogen (secondary N) is 4. The van der Waals surface area contributed by atoms with Crippen molar-refractivity contribution in [1.29, 1.82) is 0 Å². The highest BCUT2D eigenvalue weighted by Gasteiger charge is 2.38. The summed E-state index contributed by atoms with van der Waals surface area (Å²) in [7, 11) is 1.25. The number of carbonyl (C=O) groups is 4. The second kappa shape index (κ2) is 20.9. The molecule has 3 aromatic rings. The van der Waals surface area contributed by atoms with Gasteiger partial charge in [-0.2, -0.15) is 0 Å². The van der Waals surface area contributed by atoms with Gasteiger partial charge in [-0.3, -0.25) is 14.6 Å². The Morgan fingerprint density at radius 2 is 1.35 bits per heavy atom. The quantitative estimate of drug-likeness (QED) is 0.0870. The molecule has 3 rings (SSSR count). The fourth-order valence-corrected chi connectivity index (χ4v) is 6.97. The van der Waals surface area contributed by atoms with E-state index in [0.29, 0.717) is 12.8 Å². The Bertz CT molecular complexity index is 1660. The molecule has 0 bridgehead atoms. The van der Waals surface area contributed by atoms with Crippen LogP contribution in [-0.4, -0.2) is 82.7 Å². The summed E-state index contributed by atoms with van der Waals surface area (Å²) in [4.78, 5) is 56.9. The molecule has 2 aromatic carbocycles. The fourth-order valence-electron chi connectivity index (χ4n) is 6.28. The van der Waals surface area contributed by atoms with Crippen molar-refractivity contribution in [1.82, 2.24) is 26.3 Å². The largest absolute Gasteiger partial charge is 0.465 e. The molecule has 6 atom stereocenters. The van der Waals surface area contributed by atoms with Crippen molar-refractivity contribution < 1.29 is 33.8 Å². The van der Waals surface area contributed by atoms with Crippen molar-refractivity contribution in [2.75, 3.05) is 12.9 Å². The van der Waals surface area contributed by atoms with Gasteiger partial charge in [-0.1, -0.05) is 109 Å². The Morgan fingerprint density at radius 3 is 1.89 bits per heavy atom. The van der Waals surface area contributed by atoms with Crippen LogP contribution in [0.25, 0.3) is 11.3 Å². The maximum atomic E-state index is 14.2. The van der Waals surface area contributed by atoms with Crippen LogP contribution in [0.15, 0.2) is 79.0 Å². The number of pyridine rings is 1. The Kier molecular flexibility index (Phi) is 17.0. The topological polar surface area (TPSA) is 168 Å². The van der Waals surface area contributed by atoms with Crippen LogP contribution in [0.4, 0.5) is 9.59 Å². The zero-order valence-electron chi connectivity index (χ0n) is 33.6. The van der Waals surface area contributed by atoms with Crippen LogP contribution in [0.2, 0.25) is 0 Å². The number of carbonyl (C=O) groups excluding carboxylic acids is 3. The third kappa shape index (κ3) is 14.9. The average molecular weight is 778 g/mol. The smallest absolute Gasteiger partial charge is 0.407 e. The molecule has 0 fully saturated rings. The van der Waals surface area contributed by atoms with Crippen LogP contribution in [0.1, 0.15) is 72.9 Å². The summed E-state index contributed by atoms with van der Waals surface area (Å²) >= 11 is 1.60. The van der Waals surface area contributed by atoms with Crippen molar-refractivity contribution in [2.24, 2.45) is 10.8 Å². The molecule has 0 saturated heterocycles. The molecule has 300 valence electrons. The van der Waals surface area contributed by atoms with Crippen molar-refractivity contribution >= 4 is 35.8 Å². The number of methoxy groups -OCH3 is 1. The maximum Gasteiger partial charge on any atom is 0.407 e. The number of hydrogen-bond acceptors (Lipinski definition) is 8. The number of amides is 4. The second-order valence-corrected chi connectivity index (χ2v) is 17.3. The minimum Gasteiger partial charge on any atom is -0.465 e. The standard InChI is InChI=1S/C42H59N5O7S/c1-10-55-27(2)54-34(33(25-28-16-12-11-13-17-28)45-38(49)35(41(3,4)5)46-39(50)51)26-31(44-37(48)36(42(6,7)8)47-40(52)53-9)24-29-19-21-30(22-20-29)32-18-14-15-23-43-32/h11-23,27,31,33-36,46H,10,24-26H2,1-9H3,(H,44,48)(H,45,49)(H,47,52)(H,50,51)/t27?,31-,33-,34+,35+,36+/m0/s1. The van der Waals surface area contributed by atoms with E-state index in [0.717, 1.165) is 28.1 Å². The first-order valence-electron chi connectivity index (χ1n) is 18.7. The lowest BCUT2D eigenvalue weighted by molar-refractivity contribution is -0.129. The number of aromatic nitrogens is 1. The Labute approximate surface area is 330 Å². The van der Waals surface area contributed by atoms with Crippen LogP contribution < -0.4 is 21.3 Å². The fraction of sp³-hybridized carbons (Fsp3) is 0.500. The Morgan fingerprint density at radius 1 is 0.764 bits per heavy atom. The van der Waals surface area contributed by atoms with Crippen LogP contribution in [-0.2, 0) is 31.9 Å². The third-order valence-corrected chi connectivity index (χ3v) is 9.99. The van der Waals surface area contributed by atoms with Crippen molar-refractivity contribution in [2.45, 2.75) is 110 Å². The molecule has 13 heteroatoms. The first kappa shape index (κ1) is 44.8. The number of benzene rings is 2. The van der Waals surface area contributed by atoms with Crippen molar-refractivity contribution in [3.8, 4) is 11.3 Å². The minimum atomic E-state index is -1.30. The zero-order valence-corrected chi connectivity index (χ0v) is 34.4. The van der Waals surface area contributed by atoms with E-state index >= 15 is 0 Å². The average Bonchev–Trinajstić information content (AvgIpc) is 3.12. The lowest BCUT2D eigenvalue weighted by atomic mass is 9.85. The number of thioether (sulfide) groups is 1. The number of rotatable bonds is 18. The summed E-state index contributed by atoms with van der Waals surface area (Å²) in [6, 6.07) is 20.2. The Hall–Kier alpha value is -4.62. The van der Waals surface area contributed by atoms with Crippen LogP contribution in [0.3, 0.4) is 0 Å². The van der Waals surface area contributed by atoms with Gasteiger partial charge in [-0.15, -0.1) is 11.8 Å². The molecule has 0 aliphatic carbocycles. The molecule has 1 aromatic heterocycles. The van der Waals surface area contributed by atoms with E-state index in [4.69, 9.17) is 9.47 Å². The van der Waals surface area contributed by atoms with E-state index in [2.05, 4.69) is 26.3 Å². The van der Waals surface area contributed by atoms with Gasteiger partial charge in [0.2, 0.25) is 11.8 Å². The first-order valence-corrected chi connectivity index (χ1v) is 19.7. The molecule has 5 N–H and O–H groups in total. The van der Waals surface area contributed by atoms with Gasteiger partial charge in [-0.25, -0.2) is 9.59 Å². The molecule has 55 heavy (non-hydrogen) atoms. The SMILES string of the molecule is CCSC(C)O[C@H](C[C@H](Cc1ccc(-c2ccccn2)cc1)NC(=O)[C@@H](NC(=O)OC)C(C)(C)C)[C@H](Cc1ccccc1)NC(=O)[C@@H](NC(=O)O)C(C)(C)C. The lowest BCUT2D eigenvalue weighted by Crippen LogP contribution is -2.59. The predicted molar refractivity (Wildman–Crippen MR) is 218 cm³/mol. The van der Waals surface area contributed by atoms with Gasteiger partial charge in [0, 0.05) is 17.8 Å². The highest BCUT2D eigenvalue weighted by atomic mass is 32.2. The Balaban J connectivity index is 2.10. The van der Waals surface area contributed by atoms with Crippen LogP contribution in [0.5, 0.6) is 0 Å². The van der Waals surface area contributed by atoms with Gasteiger partial charge in [-0.05, 0) is 66.0 Å². The summed E-state index contributed by atoms with van der Waals surface area (Å²) in [5.74, 6) is -0.0983. The van der Waals surface area contributed by atoms with Gasteiger partial charge in [0.05, 0.1) is 24.9 Å². The van der Waals surface area contributed by atoms with Crippen LogP contribution in [0, 0.1) is 10.8 Å². The predicted octanol–water partition coefficient (Wildman–Crippen LogP) is 6.83.